The van der Waals surface area contributed by atoms with Gasteiger partial charge < -0.3 is 10.1 Å². The number of nitrogens with one attached hydrogen (secondary N) is 1. The summed E-state index contributed by atoms with van der Waals surface area (Å²) < 4.78 is 19.7. The van der Waals surface area contributed by atoms with Crippen molar-refractivity contribution in [3.05, 3.63) is 53.8 Å². The highest BCUT2D eigenvalue weighted by Gasteiger charge is 2.08. The predicted molar refractivity (Wildman–Crippen MR) is 80.4 cm³/mol. The van der Waals surface area contributed by atoms with Crippen LogP contribution in [0.1, 0.15) is 19.4 Å². The molecule has 0 atom stereocenters. The van der Waals surface area contributed by atoms with Gasteiger partial charge in [0.2, 0.25) is 0 Å². The molecule has 2 nitrogen and oxygen atoms in total. The standard InChI is InChI=1S/C17H20FNO/c1-12(2)20-15-6-4-5-14(10-15)16-9-13(11-19-3)7-8-17(16)18/h4-10,12,19H,11H2,1-3H3. The number of halogens is 1. The lowest BCUT2D eigenvalue weighted by atomic mass is 10.0. The first-order chi connectivity index (χ1) is 9.60. The predicted octanol–water partition coefficient (Wildman–Crippen LogP) is 4.00. The van der Waals surface area contributed by atoms with Crippen LogP contribution in [0.5, 0.6) is 5.75 Å². The zero-order chi connectivity index (χ0) is 14.5. The molecule has 0 heterocycles. The first kappa shape index (κ1) is 14.5. The molecule has 3 heteroatoms. The Balaban J connectivity index is 2.37. The molecule has 0 saturated carbocycles. The molecule has 20 heavy (non-hydrogen) atoms. The molecule has 106 valence electrons. The Kier molecular flexibility index (Phi) is 4.74. The second-order valence-electron chi connectivity index (χ2n) is 5.04. The van der Waals surface area contributed by atoms with Crippen molar-refractivity contribution in [3.8, 4) is 16.9 Å². The third-order valence-corrected chi connectivity index (χ3v) is 2.93. The minimum absolute atomic E-state index is 0.103. The Hall–Kier alpha value is -1.87. The van der Waals surface area contributed by atoms with E-state index < -0.39 is 0 Å². The van der Waals surface area contributed by atoms with E-state index in [-0.39, 0.29) is 11.9 Å². The summed E-state index contributed by atoms with van der Waals surface area (Å²) in [6.45, 7) is 4.66. The van der Waals surface area contributed by atoms with Gasteiger partial charge in [0, 0.05) is 12.1 Å². The molecule has 0 aliphatic rings. The summed E-state index contributed by atoms with van der Waals surface area (Å²) in [5.74, 6) is 0.544. The lowest BCUT2D eigenvalue weighted by Gasteiger charge is -2.12. The molecular formula is C17H20FNO. The van der Waals surface area contributed by atoms with Gasteiger partial charge in [-0.15, -0.1) is 0 Å². The fraction of sp³-hybridized carbons (Fsp3) is 0.294. The highest BCUT2D eigenvalue weighted by Crippen LogP contribution is 2.27. The van der Waals surface area contributed by atoms with Crippen molar-refractivity contribution in [2.45, 2.75) is 26.5 Å². The number of hydrogen-bond donors (Lipinski definition) is 1. The Morgan fingerprint density at radius 1 is 1.15 bits per heavy atom. The third kappa shape index (κ3) is 3.58. The molecule has 0 aliphatic heterocycles. The van der Waals surface area contributed by atoms with Gasteiger partial charge >= 0.3 is 0 Å². The molecule has 0 saturated heterocycles. The Morgan fingerprint density at radius 3 is 2.65 bits per heavy atom. The average molecular weight is 273 g/mol. The molecule has 2 aromatic carbocycles. The van der Waals surface area contributed by atoms with Gasteiger partial charge in [-0.2, -0.15) is 0 Å². The second kappa shape index (κ2) is 6.53. The lowest BCUT2D eigenvalue weighted by Crippen LogP contribution is -2.06. The van der Waals surface area contributed by atoms with E-state index in [4.69, 9.17) is 4.74 Å². The van der Waals surface area contributed by atoms with E-state index >= 15 is 0 Å². The molecule has 0 amide bonds. The molecule has 0 unspecified atom stereocenters. The minimum Gasteiger partial charge on any atom is -0.491 e. The number of benzene rings is 2. The summed E-state index contributed by atoms with van der Waals surface area (Å²) >= 11 is 0. The van der Waals surface area contributed by atoms with Crippen LogP contribution in [0.15, 0.2) is 42.5 Å². The van der Waals surface area contributed by atoms with Crippen molar-refractivity contribution < 1.29 is 9.13 Å². The molecule has 0 aromatic heterocycles. The minimum atomic E-state index is -0.216. The Bertz CT molecular complexity index is 581. The van der Waals surface area contributed by atoms with Crippen LogP contribution in [0.2, 0.25) is 0 Å². The third-order valence-electron chi connectivity index (χ3n) is 2.93. The van der Waals surface area contributed by atoms with Crippen molar-refractivity contribution in [1.29, 1.82) is 0 Å². The topological polar surface area (TPSA) is 21.3 Å². The van der Waals surface area contributed by atoms with E-state index in [1.165, 1.54) is 6.07 Å². The second-order valence-corrected chi connectivity index (χ2v) is 5.04. The van der Waals surface area contributed by atoms with Gasteiger partial charge in [0.15, 0.2) is 0 Å². The maximum atomic E-state index is 14.0. The zero-order valence-corrected chi connectivity index (χ0v) is 12.1. The first-order valence-corrected chi connectivity index (χ1v) is 6.80. The van der Waals surface area contributed by atoms with Crippen LogP contribution >= 0.6 is 0 Å². The molecule has 0 radical (unpaired) electrons. The molecular weight excluding hydrogens is 253 g/mol. The number of ether oxygens (including phenoxy) is 1. The molecule has 0 spiro atoms. The van der Waals surface area contributed by atoms with Gasteiger partial charge in [-0.05, 0) is 56.3 Å². The molecule has 0 fully saturated rings. The van der Waals surface area contributed by atoms with E-state index in [0.29, 0.717) is 5.56 Å². The normalized spacial score (nSPS) is 10.8. The zero-order valence-electron chi connectivity index (χ0n) is 12.1. The van der Waals surface area contributed by atoms with E-state index in [9.17, 15) is 4.39 Å². The lowest BCUT2D eigenvalue weighted by molar-refractivity contribution is 0.242. The van der Waals surface area contributed by atoms with Gasteiger partial charge in [-0.25, -0.2) is 4.39 Å². The summed E-state index contributed by atoms with van der Waals surface area (Å²) in [5.41, 5.74) is 2.49. The largest absolute Gasteiger partial charge is 0.491 e. The van der Waals surface area contributed by atoms with Crippen molar-refractivity contribution in [3.63, 3.8) is 0 Å². The van der Waals surface area contributed by atoms with Crippen LogP contribution in [-0.2, 0) is 6.54 Å². The smallest absolute Gasteiger partial charge is 0.131 e. The quantitative estimate of drug-likeness (QED) is 0.889. The van der Waals surface area contributed by atoms with Crippen LogP contribution < -0.4 is 10.1 Å². The maximum Gasteiger partial charge on any atom is 0.131 e. The molecule has 2 aromatic rings. The van der Waals surface area contributed by atoms with Gasteiger partial charge in [-0.3, -0.25) is 0 Å². The molecule has 0 bridgehead atoms. The maximum absolute atomic E-state index is 14.0. The van der Waals surface area contributed by atoms with Crippen molar-refractivity contribution in [2.75, 3.05) is 7.05 Å². The highest BCUT2D eigenvalue weighted by molar-refractivity contribution is 5.66. The van der Waals surface area contributed by atoms with Crippen molar-refractivity contribution >= 4 is 0 Å². The van der Waals surface area contributed by atoms with E-state index in [0.717, 1.165) is 23.4 Å². The number of hydrogen-bond acceptors (Lipinski definition) is 2. The van der Waals surface area contributed by atoms with Crippen LogP contribution in [-0.4, -0.2) is 13.2 Å². The first-order valence-electron chi connectivity index (χ1n) is 6.80. The van der Waals surface area contributed by atoms with Gasteiger partial charge in [0.1, 0.15) is 11.6 Å². The summed E-state index contributed by atoms with van der Waals surface area (Å²) in [4.78, 5) is 0. The number of rotatable bonds is 5. The Morgan fingerprint density at radius 2 is 1.95 bits per heavy atom. The fourth-order valence-corrected chi connectivity index (χ4v) is 2.12. The molecule has 1 N–H and O–H groups in total. The van der Waals surface area contributed by atoms with E-state index in [2.05, 4.69) is 5.32 Å². The van der Waals surface area contributed by atoms with Crippen molar-refractivity contribution in [2.24, 2.45) is 0 Å². The molecule has 0 aliphatic carbocycles. The van der Waals surface area contributed by atoms with Crippen molar-refractivity contribution in [1.82, 2.24) is 5.32 Å². The average Bonchev–Trinajstić information content (AvgIpc) is 2.41. The van der Waals surface area contributed by atoms with Gasteiger partial charge in [0.25, 0.3) is 0 Å². The van der Waals surface area contributed by atoms with E-state index in [1.54, 1.807) is 6.07 Å². The van der Waals surface area contributed by atoms with Gasteiger partial charge in [-0.1, -0.05) is 18.2 Å². The van der Waals surface area contributed by atoms with Crippen LogP contribution in [0.25, 0.3) is 11.1 Å². The van der Waals surface area contributed by atoms with Crippen LogP contribution in [0, 0.1) is 5.82 Å². The summed E-state index contributed by atoms with van der Waals surface area (Å²) in [6.07, 6.45) is 0.103. The highest BCUT2D eigenvalue weighted by atomic mass is 19.1. The monoisotopic (exact) mass is 273 g/mol. The summed E-state index contributed by atoms with van der Waals surface area (Å²) in [7, 11) is 1.88. The fourth-order valence-electron chi connectivity index (χ4n) is 2.12. The van der Waals surface area contributed by atoms with E-state index in [1.807, 2.05) is 51.2 Å². The summed E-state index contributed by atoms with van der Waals surface area (Å²) in [6, 6.07) is 12.7. The Labute approximate surface area is 119 Å². The van der Waals surface area contributed by atoms with Crippen LogP contribution in [0.3, 0.4) is 0 Å². The van der Waals surface area contributed by atoms with Crippen LogP contribution in [0.4, 0.5) is 4.39 Å². The molecule has 2 rings (SSSR count). The SMILES string of the molecule is CNCc1ccc(F)c(-c2cccc(OC(C)C)c2)c1. The van der Waals surface area contributed by atoms with Gasteiger partial charge in [0.05, 0.1) is 6.10 Å². The summed E-state index contributed by atoms with van der Waals surface area (Å²) in [5, 5.41) is 3.07.